The smallest absolute Gasteiger partial charge is 0.423 e. The second-order valence-electron chi connectivity index (χ2n) is 5.23. The van der Waals surface area contributed by atoms with E-state index >= 15 is 0 Å². The van der Waals surface area contributed by atoms with Crippen LogP contribution in [0.5, 0.6) is 0 Å². The van der Waals surface area contributed by atoms with Crippen molar-refractivity contribution >= 4 is 29.1 Å². The third-order valence-electron chi connectivity index (χ3n) is 3.67. The molecule has 0 atom stereocenters. The van der Waals surface area contributed by atoms with E-state index < -0.39 is 7.12 Å². The van der Waals surface area contributed by atoms with Crippen molar-refractivity contribution in [1.29, 1.82) is 0 Å². The van der Waals surface area contributed by atoms with Crippen LogP contribution < -0.4 is 5.46 Å². The van der Waals surface area contributed by atoms with E-state index in [1.165, 1.54) is 0 Å². The van der Waals surface area contributed by atoms with Gasteiger partial charge in [-0.05, 0) is 35.0 Å². The van der Waals surface area contributed by atoms with Gasteiger partial charge in [0.15, 0.2) is 5.78 Å². The maximum Gasteiger partial charge on any atom is 0.488 e. The average Bonchev–Trinajstić information content (AvgIpc) is 3.21. The van der Waals surface area contributed by atoms with E-state index in [4.69, 9.17) is 0 Å². The quantitative estimate of drug-likeness (QED) is 0.642. The van der Waals surface area contributed by atoms with Gasteiger partial charge in [0.1, 0.15) is 0 Å². The van der Waals surface area contributed by atoms with Crippen LogP contribution in [0.15, 0.2) is 36.4 Å². The third kappa shape index (κ3) is 2.55. The number of fused-ring (bicyclic) bond motifs is 1. The summed E-state index contributed by atoms with van der Waals surface area (Å²) in [6.45, 7) is 0. The van der Waals surface area contributed by atoms with E-state index in [1.54, 1.807) is 18.2 Å². The normalized spacial score (nSPS) is 14.6. The molecular weight excluding hydrogens is 239 g/mol. The molecule has 1 saturated carbocycles. The lowest BCUT2D eigenvalue weighted by Gasteiger charge is -2.07. The van der Waals surface area contributed by atoms with E-state index in [9.17, 15) is 14.8 Å². The molecule has 1 aliphatic rings. The van der Waals surface area contributed by atoms with E-state index in [2.05, 4.69) is 0 Å². The lowest BCUT2D eigenvalue weighted by molar-refractivity contribution is 0.0977. The Labute approximate surface area is 112 Å². The zero-order valence-corrected chi connectivity index (χ0v) is 10.5. The van der Waals surface area contributed by atoms with Crippen LogP contribution in [0.2, 0.25) is 0 Å². The maximum absolute atomic E-state index is 12.2. The summed E-state index contributed by atoms with van der Waals surface area (Å²) in [5, 5.41) is 20.1. The summed E-state index contributed by atoms with van der Waals surface area (Å²) < 4.78 is 0. The lowest BCUT2D eigenvalue weighted by Crippen LogP contribution is -2.29. The Morgan fingerprint density at radius 1 is 1.21 bits per heavy atom. The monoisotopic (exact) mass is 254 g/mol. The van der Waals surface area contributed by atoms with Gasteiger partial charge in [0.2, 0.25) is 0 Å². The maximum atomic E-state index is 12.2. The highest BCUT2D eigenvalue weighted by molar-refractivity contribution is 6.58. The Kier molecular flexibility index (Phi) is 3.13. The SMILES string of the molecule is O=C(CC1CC1)c1cccc2cc(B(O)O)ccc12. The molecule has 0 aromatic heterocycles. The van der Waals surface area contributed by atoms with Crippen LogP contribution in [-0.4, -0.2) is 22.9 Å². The molecule has 3 nitrogen and oxygen atoms in total. The number of rotatable bonds is 4. The molecule has 96 valence electrons. The second-order valence-corrected chi connectivity index (χ2v) is 5.23. The Hall–Kier alpha value is -1.65. The number of hydrogen-bond acceptors (Lipinski definition) is 3. The van der Waals surface area contributed by atoms with Gasteiger partial charge < -0.3 is 10.0 Å². The molecular formula is C15H15BO3. The van der Waals surface area contributed by atoms with Crippen LogP contribution in [0.25, 0.3) is 10.8 Å². The molecule has 2 aromatic carbocycles. The molecule has 1 aliphatic carbocycles. The van der Waals surface area contributed by atoms with Crippen LogP contribution >= 0.6 is 0 Å². The highest BCUT2D eigenvalue weighted by atomic mass is 16.4. The van der Waals surface area contributed by atoms with Gasteiger partial charge in [-0.15, -0.1) is 0 Å². The van der Waals surface area contributed by atoms with Gasteiger partial charge in [-0.2, -0.15) is 0 Å². The van der Waals surface area contributed by atoms with Crippen LogP contribution in [0.3, 0.4) is 0 Å². The first-order valence-corrected chi connectivity index (χ1v) is 6.57. The first-order chi connectivity index (χ1) is 9.15. The van der Waals surface area contributed by atoms with E-state index in [0.717, 1.165) is 29.2 Å². The summed E-state index contributed by atoms with van der Waals surface area (Å²) in [7, 11) is -1.48. The van der Waals surface area contributed by atoms with Crippen LogP contribution in [0.1, 0.15) is 29.6 Å². The predicted molar refractivity (Wildman–Crippen MR) is 75.4 cm³/mol. The second kappa shape index (κ2) is 4.80. The number of carbonyl (C=O) groups is 1. The van der Waals surface area contributed by atoms with Crippen molar-refractivity contribution in [2.75, 3.05) is 0 Å². The fraction of sp³-hybridized carbons (Fsp3) is 0.267. The number of Topliss-reactive ketones (excluding diaryl/α,β-unsaturated/α-hetero) is 1. The molecule has 0 spiro atoms. The van der Waals surface area contributed by atoms with Crippen LogP contribution in [0, 0.1) is 5.92 Å². The molecule has 2 N–H and O–H groups in total. The minimum absolute atomic E-state index is 0.186. The number of carbonyl (C=O) groups excluding carboxylic acids is 1. The summed E-state index contributed by atoms with van der Waals surface area (Å²) in [5.74, 6) is 0.756. The predicted octanol–water partition coefficient (Wildman–Crippen LogP) is 1.50. The van der Waals surface area contributed by atoms with Gasteiger partial charge in [0.25, 0.3) is 0 Å². The molecule has 4 heteroatoms. The fourth-order valence-corrected chi connectivity index (χ4v) is 2.40. The first-order valence-electron chi connectivity index (χ1n) is 6.57. The molecule has 0 heterocycles. The summed E-state index contributed by atoms with van der Waals surface area (Å²) in [5.41, 5.74) is 1.18. The molecule has 2 aromatic rings. The van der Waals surface area contributed by atoms with Crippen molar-refractivity contribution < 1.29 is 14.8 Å². The number of hydrogen-bond donors (Lipinski definition) is 2. The van der Waals surface area contributed by atoms with Crippen LogP contribution in [-0.2, 0) is 0 Å². The molecule has 0 amide bonds. The molecule has 0 unspecified atom stereocenters. The zero-order valence-electron chi connectivity index (χ0n) is 10.5. The topological polar surface area (TPSA) is 57.5 Å². The molecule has 0 bridgehead atoms. The Balaban J connectivity index is 2.02. The summed E-state index contributed by atoms with van der Waals surface area (Å²) in [4.78, 5) is 12.2. The summed E-state index contributed by atoms with van der Waals surface area (Å²) >= 11 is 0. The average molecular weight is 254 g/mol. The summed E-state index contributed by atoms with van der Waals surface area (Å²) in [6.07, 6.45) is 2.96. The van der Waals surface area contributed by atoms with Crippen molar-refractivity contribution in [2.45, 2.75) is 19.3 Å². The van der Waals surface area contributed by atoms with Crippen molar-refractivity contribution in [1.82, 2.24) is 0 Å². The Bertz CT molecular complexity index is 632. The van der Waals surface area contributed by atoms with Crippen molar-refractivity contribution in [2.24, 2.45) is 5.92 Å². The van der Waals surface area contributed by atoms with E-state index in [-0.39, 0.29) is 5.78 Å². The van der Waals surface area contributed by atoms with Crippen LogP contribution in [0.4, 0.5) is 0 Å². The molecule has 0 radical (unpaired) electrons. The van der Waals surface area contributed by atoms with Crippen molar-refractivity contribution in [3.05, 3.63) is 42.0 Å². The van der Waals surface area contributed by atoms with Crippen molar-refractivity contribution in [3.63, 3.8) is 0 Å². The zero-order chi connectivity index (χ0) is 13.4. The Morgan fingerprint density at radius 3 is 2.68 bits per heavy atom. The highest BCUT2D eigenvalue weighted by Gasteiger charge is 2.25. The minimum Gasteiger partial charge on any atom is -0.423 e. The number of benzene rings is 2. The number of ketones is 1. The third-order valence-corrected chi connectivity index (χ3v) is 3.67. The molecule has 3 rings (SSSR count). The first kappa shape index (κ1) is 12.4. The molecule has 0 aliphatic heterocycles. The fourth-order valence-electron chi connectivity index (χ4n) is 2.40. The lowest BCUT2D eigenvalue weighted by atomic mass is 9.79. The van der Waals surface area contributed by atoms with Gasteiger partial charge in [-0.3, -0.25) is 4.79 Å². The van der Waals surface area contributed by atoms with E-state index in [0.29, 0.717) is 17.8 Å². The van der Waals surface area contributed by atoms with Gasteiger partial charge in [-0.25, -0.2) is 0 Å². The van der Waals surface area contributed by atoms with Gasteiger partial charge in [0, 0.05) is 12.0 Å². The van der Waals surface area contributed by atoms with Gasteiger partial charge >= 0.3 is 7.12 Å². The molecule has 1 fully saturated rings. The summed E-state index contributed by atoms with van der Waals surface area (Å²) in [6, 6.07) is 10.7. The largest absolute Gasteiger partial charge is 0.488 e. The van der Waals surface area contributed by atoms with Gasteiger partial charge in [-0.1, -0.05) is 36.4 Å². The Morgan fingerprint density at radius 2 is 2.00 bits per heavy atom. The highest BCUT2D eigenvalue weighted by Crippen LogP contribution is 2.34. The standard InChI is InChI=1S/C15H15BO3/c17-15(8-10-4-5-10)14-3-1-2-11-9-12(16(18)19)6-7-13(11)14/h1-3,6-7,9-10,18-19H,4-5,8H2. The molecule has 19 heavy (non-hydrogen) atoms. The minimum atomic E-state index is -1.48. The van der Waals surface area contributed by atoms with Gasteiger partial charge in [0.05, 0.1) is 0 Å². The molecule has 0 saturated heterocycles. The van der Waals surface area contributed by atoms with E-state index in [1.807, 2.05) is 18.2 Å². The van der Waals surface area contributed by atoms with Crippen molar-refractivity contribution in [3.8, 4) is 0 Å².